The molecule has 0 unspecified atom stereocenters. The Morgan fingerprint density at radius 3 is 2.52 bits per heavy atom. The summed E-state index contributed by atoms with van der Waals surface area (Å²) in [6.45, 7) is 7.53. The lowest BCUT2D eigenvalue weighted by Crippen LogP contribution is -2.52. The molecule has 1 fully saturated rings. The molecule has 1 aliphatic heterocycles. The van der Waals surface area contributed by atoms with Gasteiger partial charge in [-0.05, 0) is 42.1 Å². The molecular formula is C20H28N4O2S. The van der Waals surface area contributed by atoms with Gasteiger partial charge in [-0.25, -0.2) is 4.99 Å². The number of thiophene rings is 1. The highest BCUT2D eigenvalue weighted by molar-refractivity contribution is 7.14. The van der Waals surface area contributed by atoms with Crippen molar-refractivity contribution in [2.24, 2.45) is 4.99 Å². The van der Waals surface area contributed by atoms with E-state index in [-0.39, 0.29) is 0 Å². The average Bonchev–Trinajstić information content (AvgIpc) is 3.26. The van der Waals surface area contributed by atoms with Crippen molar-refractivity contribution in [2.45, 2.75) is 13.5 Å². The van der Waals surface area contributed by atoms with Crippen LogP contribution in [0.2, 0.25) is 0 Å². The van der Waals surface area contributed by atoms with Crippen LogP contribution in [-0.4, -0.2) is 57.8 Å². The van der Waals surface area contributed by atoms with Crippen LogP contribution >= 0.6 is 11.3 Å². The summed E-state index contributed by atoms with van der Waals surface area (Å²) in [5.41, 5.74) is 1.10. The van der Waals surface area contributed by atoms with Crippen molar-refractivity contribution < 1.29 is 9.47 Å². The van der Waals surface area contributed by atoms with Gasteiger partial charge in [0.2, 0.25) is 0 Å². The van der Waals surface area contributed by atoms with Crippen LogP contribution in [0.25, 0.3) is 0 Å². The normalized spacial score (nSPS) is 15.0. The summed E-state index contributed by atoms with van der Waals surface area (Å²) in [5, 5.41) is 6.91. The Bertz CT molecular complexity index is 740. The van der Waals surface area contributed by atoms with Gasteiger partial charge in [-0.1, -0.05) is 6.07 Å². The molecule has 1 aromatic carbocycles. The van der Waals surface area contributed by atoms with Crippen molar-refractivity contribution in [2.75, 3.05) is 51.8 Å². The Hall–Kier alpha value is -2.41. The third kappa shape index (κ3) is 4.86. The van der Waals surface area contributed by atoms with Crippen molar-refractivity contribution in [3.63, 3.8) is 0 Å². The van der Waals surface area contributed by atoms with Gasteiger partial charge in [-0.2, -0.15) is 0 Å². The fourth-order valence-corrected chi connectivity index (χ4v) is 3.94. The fraction of sp³-hybridized carbons (Fsp3) is 0.450. The topological polar surface area (TPSA) is 49.3 Å². The predicted octanol–water partition coefficient (Wildman–Crippen LogP) is 3.05. The molecule has 3 rings (SSSR count). The van der Waals surface area contributed by atoms with Crippen LogP contribution in [-0.2, 0) is 6.54 Å². The molecule has 1 aromatic heterocycles. The number of piperazine rings is 1. The molecule has 7 heteroatoms. The quantitative estimate of drug-likeness (QED) is 0.609. The lowest BCUT2D eigenvalue weighted by atomic mass is 10.2. The Morgan fingerprint density at radius 1 is 1.11 bits per heavy atom. The number of nitrogens with zero attached hydrogens (tertiary/aromatic N) is 3. The maximum Gasteiger partial charge on any atom is 0.194 e. The van der Waals surface area contributed by atoms with Gasteiger partial charge in [0.1, 0.15) is 0 Å². The van der Waals surface area contributed by atoms with Crippen LogP contribution in [0.5, 0.6) is 11.5 Å². The molecule has 2 heterocycles. The molecular weight excluding hydrogens is 360 g/mol. The van der Waals surface area contributed by atoms with Crippen molar-refractivity contribution >= 4 is 22.3 Å². The Morgan fingerprint density at radius 2 is 1.89 bits per heavy atom. The zero-order valence-electron chi connectivity index (χ0n) is 16.3. The van der Waals surface area contributed by atoms with E-state index >= 15 is 0 Å². The Kier molecular flexibility index (Phi) is 6.81. The third-order valence-corrected chi connectivity index (χ3v) is 5.52. The molecule has 1 saturated heterocycles. The first-order chi connectivity index (χ1) is 13.2. The highest BCUT2D eigenvalue weighted by atomic mass is 32.1. The molecule has 0 bridgehead atoms. The average molecular weight is 389 g/mol. The standard InChI is InChI=1S/C20H28N4O2S/c1-4-21-20(22-15-16-7-8-17(25-2)18(14-16)26-3)24-11-9-23(10-12-24)19-6-5-13-27-19/h5-8,13-14H,4,9-12,15H2,1-3H3,(H,21,22). The van der Waals surface area contributed by atoms with Crippen LogP contribution in [0, 0.1) is 0 Å². The van der Waals surface area contributed by atoms with Crippen molar-refractivity contribution in [1.29, 1.82) is 0 Å². The Labute approximate surface area is 165 Å². The summed E-state index contributed by atoms with van der Waals surface area (Å²) in [5.74, 6) is 2.44. The molecule has 1 aliphatic rings. The number of methoxy groups -OCH3 is 2. The molecule has 0 aliphatic carbocycles. The zero-order chi connectivity index (χ0) is 19.1. The summed E-state index contributed by atoms with van der Waals surface area (Å²) in [6, 6.07) is 10.2. The van der Waals surface area contributed by atoms with Gasteiger partial charge < -0.3 is 24.6 Å². The SMILES string of the molecule is CCNC(=NCc1ccc(OC)c(OC)c1)N1CCN(c2cccs2)CC1. The van der Waals surface area contributed by atoms with Gasteiger partial charge in [0.15, 0.2) is 17.5 Å². The number of hydrogen-bond donors (Lipinski definition) is 1. The first-order valence-corrected chi connectivity index (χ1v) is 10.2. The molecule has 6 nitrogen and oxygen atoms in total. The second-order valence-electron chi connectivity index (χ2n) is 6.28. The number of hydrogen-bond acceptors (Lipinski definition) is 5. The summed E-state index contributed by atoms with van der Waals surface area (Å²) in [7, 11) is 3.30. The minimum atomic E-state index is 0.605. The van der Waals surface area contributed by atoms with Crippen LogP contribution < -0.4 is 19.7 Å². The number of rotatable bonds is 6. The maximum absolute atomic E-state index is 5.39. The lowest BCUT2D eigenvalue weighted by Gasteiger charge is -2.37. The van der Waals surface area contributed by atoms with Gasteiger partial charge in [-0.15, -0.1) is 11.3 Å². The molecule has 2 aromatic rings. The number of ether oxygens (including phenoxy) is 2. The van der Waals surface area contributed by atoms with Gasteiger partial charge in [0.25, 0.3) is 0 Å². The zero-order valence-corrected chi connectivity index (χ0v) is 17.1. The van der Waals surface area contributed by atoms with Gasteiger partial charge in [0.05, 0.1) is 25.8 Å². The van der Waals surface area contributed by atoms with E-state index in [1.807, 2.05) is 18.2 Å². The van der Waals surface area contributed by atoms with E-state index in [1.165, 1.54) is 5.00 Å². The van der Waals surface area contributed by atoms with Crippen LogP contribution in [0.15, 0.2) is 40.7 Å². The molecule has 0 saturated carbocycles. The van der Waals surface area contributed by atoms with Crippen molar-refractivity contribution in [3.8, 4) is 11.5 Å². The molecule has 0 atom stereocenters. The molecule has 0 amide bonds. The number of guanidine groups is 1. The van der Waals surface area contributed by atoms with Crippen molar-refractivity contribution in [1.82, 2.24) is 10.2 Å². The second kappa shape index (κ2) is 9.50. The summed E-state index contributed by atoms with van der Waals surface area (Å²) >= 11 is 1.80. The van der Waals surface area contributed by atoms with Gasteiger partial charge in [0, 0.05) is 32.7 Å². The van der Waals surface area contributed by atoms with Crippen LogP contribution in [0.3, 0.4) is 0 Å². The van der Waals surface area contributed by atoms with Crippen LogP contribution in [0.1, 0.15) is 12.5 Å². The summed E-state index contributed by atoms with van der Waals surface area (Å²) in [6.07, 6.45) is 0. The van der Waals surface area contributed by atoms with E-state index in [1.54, 1.807) is 25.6 Å². The maximum atomic E-state index is 5.39. The molecule has 27 heavy (non-hydrogen) atoms. The molecule has 0 radical (unpaired) electrons. The smallest absolute Gasteiger partial charge is 0.194 e. The van der Waals surface area contributed by atoms with E-state index < -0.39 is 0 Å². The first kappa shape index (κ1) is 19.4. The lowest BCUT2D eigenvalue weighted by molar-refractivity contribution is 0.354. The minimum absolute atomic E-state index is 0.605. The second-order valence-corrected chi connectivity index (χ2v) is 7.21. The number of nitrogens with one attached hydrogen (secondary N) is 1. The monoisotopic (exact) mass is 388 g/mol. The van der Waals surface area contributed by atoms with Gasteiger partial charge in [-0.3, -0.25) is 0 Å². The summed E-state index contributed by atoms with van der Waals surface area (Å²) < 4.78 is 10.7. The molecule has 146 valence electrons. The third-order valence-electron chi connectivity index (χ3n) is 4.59. The van der Waals surface area contributed by atoms with E-state index in [4.69, 9.17) is 14.5 Å². The summed E-state index contributed by atoms with van der Waals surface area (Å²) in [4.78, 5) is 9.63. The Balaban J connectivity index is 1.65. The number of benzene rings is 1. The minimum Gasteiger partial charge on any atom is -0.493 e. The largest absolute Gasteiger partial charge is 0.493 e. The van der Waals surface area contributed by atoms with E-state index in [9.17, 15) is 0 Å². The van der Waals surface area contributed by atoms with Crippen LogP contribution in [0.4, 0.5) is 5.00 Å². The van der Waals surface area contributed by atoms with E-state index in [2.05, 4.69) is 39.6 Å². The number of aliphatic imine (C=N–C) groups is 1. The van der Waals surface area contributed by atoms with Gasteiger partial charge >= 0.3 is 0 Å². The van der Waals surface area contributed by atoms with E-state index in [0.29, 0.717) is 6.54 Å². The van der Waals surface area contributed by atoms with E-state index in [0.717, 1.165) is 55.7 Å². The van der Waals surface area contributed by atoms with Crippen molar-refractivity contribution in [3.05, 3.63) is 41.3 Å². The predicted molar refractivity (Wildman–Crippen MR) is 112 cm³/mol. The number of anilines is 1. The highest BCUT2D eigenvalue weighted by Gasteiger charge is 2.20. The molecule has 1 N–H and O–H groups in total. The first-order valence-electron chi connectivity index (χ1n) is 9.27. The highest BCUT2D eigenvalue weighted by Crippen LogP contribution is 2.28. The molecule has 0 spiro atoms. The fourth-order valence-electron chi connectivity index (χ4n) is 3.16.